The minimum Gasteiger partial charge on any atom is -0.494 e. The van der Waals surface area contributed by atoms with Gasteiger partial charge in [-0.3, -0.25) is 14.5 Å². The summed E-state index contributed by atoms with van der Waals surface area (Å²) in [7, 11) is 0. The van der Waals surface area contributed by atoms with E-state index in [1.165, 1.54) is 28.8 Å². The lowest BCUT2D eigenvalue weighted by Gasteiger charge is -2.30. The van der Waals surface area contributed by atoms with E-state index >= 15 is 0 Å². The summed E-state index contributed by atoms with van der Waals surface area (Å²) in [6.07, 6.45) is -0.866. The summed E-state index contributed by atoms with van der Waals surface area (Å²) in [5.74, 6) is 0.0378. The van der Waals surface area contributed by atoms with Gasteiger partial charge in [0.15, 0.2) is 0 Å². The number of fused-ring (bicyclic) bond motifs is 1. The molecule has 3 aromatic rings. The average Bonchev–Trinajstić information content (AvgIpc) is 2.91. The number of ether oxygens (including phenoxy) is 1. The number of para-hydroxylation sites is 1. The van der Waals surface area contributed by atoms with E-state index in [0.29, 0.717) is 22.8 Å². The molecule has 1 aliphatic heterocycles. The van der Waals surface area contributed by atoms with E-state index in [1.54, 1.807) is 18.2 Å². The van der Waals surface area contributed by atoms with Crippen LogP contribution in [0.4, 0.5) is 18.9 Å². The number of nitrogens with one attached hydrogen (secondary N) is 1. The fourth-order valence-electron chi connectivity index (χ4n) is 4.04. The quantitative estimate of drug-likeness (QED) is 0.224. The van der Waals surface area contributed by atoms with E-state index in [-0.39, 0.29) is 18.5 Å². The molecule has 3 aromatic carbocycles. The molecular formula is C30H29F3N2O3S. The molecule has 1 N–H and O–H groups in total. The van der Waals surface area contributed by atoms with Crippen molar-refractivity contribution in [2.45, 2.75) is 43.8 Å². The van der Waals surface area contributed by atoms with Crippen molar-refractivity contribution in [3.8, 4) is 5.75 Å². The number of hydrogen-bond donors (Lipinski definition) is 1. The van der Waals surface area contributed by atoms with E-state index in [0.717, 1.165) is 41.2 Å². The molecule has 0 aromatic heterocycles. The Morgan fingerprint density at radius 3 is 2.41 bits per heavy atom. The monoisotopic (exact) mass is 554 g/mol. The number of carbonyl (C=O) groups excluding carboxylic acids is 2. The maximum Gasteiger partial charge on any atom is 0.416 e. The molecule has 0 fully saturated rings. The minimum absolute atomic E-state index is 0.205. The maximum atomic E-state index is 13.4. The second-order valence-corrected chi connectivity index (χ2v) is 10.2. The number of halogens is 3. The lowest BCUT2D eigenvalue weighted by atomic mass is 10.1. The standard InChI is InChI=1S/C30H29F3N2O3S/c1-3-4-17-38-24-15-11-22(12-16-24)20(2)34-28(36)19-35-25-7-5-6-8-26(25)39-27(29(35)37)18-21-9-13-23(14-10-21)30(31,32)33/h5-16,18,20H,3-4,17,19H2,1-2H3,(H,34,36)/b27-18-. The molecule has 2 amide bonds. The van der Waals surface area contributed by atoms with E-state index in [9.17, 15) is 22.8 Å². The Morgan fingerprint density at radius 2 is 1.74 bits per heavy atom. The van der Waals surface area contributed by atoms with Crippen LogP contribution in [0.5, 0.6) is 5.75 Å². The molecule has 0 spiro atoms. The van der Waals surface area contributed by atoms with Crippen molar-refractivity contribution < 1.29 is 27.5 Å². The normalized spacial score (nSPS) is 15.2. The summed E-state index contributed by atoms with van der Waals surface area (Å²) in [5.41, 5.74) is 1.20. The van der Waals surface area contributed by atoms with Gasteiger partial charge in [-0.05, 0) is 66.9 Å². The summed E-state index contributed by atoms with van der Waals surface area (Å²) < 4.78 is 44.5. The molecule has 0 aliphatic carbocycles. The third-order valence-corrected chi connectivity index (χ3v) is 7.27. The highest BCUT2D eigenvalue weighted by Gasteiger charge is 2.32. The molecule has 0 bridgehead atoms. The van der Waals surface area contributed by atoms with Crippen LogP contribution >= 0.6 is 11.8 Å². The van der Waals surface area contributed by atoms with Gasteiger partial charge in [-0.1, -0.05) is 61.5 Å². The molecule has 39 heavy (non-hydrogen) atoms. The van der Waals surface area contributed by atoms with Gasteiger partial charge in [-0.25, -0.2) is 0 Å². The van der Waals surface area contributed by atoms with Crippen molar-refractivity contribution in [1.29, 1.82) is 0 Å². The van der Waals surface area contributed by atoms with Gasteiger partial charge in [0.05, 0.1) is 28.8 Å². The largest absolute Gasteiger partial charge is 0.494 e. The van der Waals surface area contributed by atoms with Crippen LogP contribution in [0.1, 0.15) is 49.4 Å². The van der Waals surface area contributed by atoms with Crippen molar-refractivity contribution in [3.63, 3.8) is 0 Å². The van der Waals surface area contributed by atoms with Crippen molar-refractivity contribution in [1.82, 2.24) is 5.32 Å². The number of hydrogen-bond acceptors (Lipinski definition) is 4. The zero-order chi connectivity index (χ0) is 28.0. The van der Waals surface area contributed by atoms with Gasteiger partial charge < -0.3 is 10.1 Å². The number of benzene rings is 3. The highest BCUT2D eigenvalue weighted by Crippen LogP contribution is 2.42. The zero-order valence-corrected chi connectivity index (χ0v) is 22.4. The maximum absolute atomic E-state index is 13.4. The molecule has 1 atom stereocenters. The number of carbonyl (C=O) groups is 2. The number of nitrogens with zero attached hydrogens (tertiary/aromatic N) is 1. The first kappa shape index (κ1) is 28.3. The number of thioether (sulfide) groups is 1. The Bertz CT molecular complexity index is 1340. The van der Waals surface area contributed by atoms with Crippen LogP contribution in [0.3, 0.4) is 0 Å². The van der Waals surface area contributed by atoms with Crippen LogP contribution in [0.15, 0.2) is 82.6 Å². The van der Waals surface area contributed by atoms with Gasteiger partial charge in [-0.2, -0.15) is 13.2 Å². The Labute approximate surface area is 230 Å². The Hall–Kier alpha value is -3.72. The van der Waals surface area contributed by atoms with Gasteiger partial charge in [0.1, 0.15) is 12.3 Å². The molecule has 5 nitrogen and oxygen atoms in total. The predicted octanol–water partition coefficient (Wildman–Crippen LogP) is 7.24. The highest BCUT2D eigenvalue weighted by atomic mass is 32.2. The molecule has 9 heteroatoms. The lowest BCUT2D eigenvalue weighted by Crippen LogP contribution is -2.43. The third kappa shape index (κ3) is 7.23. The smallest absolute Gasteiger partial charge is 0.416 e. The van der Waals surface area contributed by atoms with Gasteiger partial charge in [0.25, 0.3) is 5.91 Å². The molecule has 1 unspecified atom stereocenters. The molecule has 204 valence electrons. The number of unbranched alkanes of at least 4 members (excludes halogenated alkanes) is 1. The van der Waals surface area contributed by atoms with E-state index in [1.807, 2.05) is 43.3 Å². The van der Waals surface area contributed by atoms with Crippen LogP contribution < -0.4 is 15.0 Å². The van der Waals surface area contributed by atoms with E-state index in [2.05, 4.69) is 12.2 Å². The molecule has 4 rings (SSSR count). The fourth-order valence-corrected chi connectivity index (χ4v) is 5.10. The number of rotatable bonds is 9. The first-order chi connectivity index (χ1) is 18.7. The molecule has 1 aliphatic rings. The van der Waals surface area contributed by atoms with Gasteiger partial charge in [-0.15, -0.1) is 0 Å². The summed E-state index contributed by atoms with van der Waals surface area (Å²) in [5, 5.41) is 2.95. The van der Waals surface area contributed by atoms with Gasteiger partial charge >= 0.3 is 6.18 Å². The van der Waals surface area contributed by atoms with Crippen LogP contribution in [0, 0.1) is 0 Å². The van der Waals surface area contributed by atoms with Crippen LogP contribution in [-0.2, 0) is 15.8 Å². The molecule has 1 heterocycles. The van der Waals surface area contributed by atoms with Crippen molar-refractivity contribution in [2.24, 2.45) is 0 Å². The van der Waals surface area contributed by atoms with Crippen LogP contribution in [0.25, 0.3) is 6.08 Å². The van der Waals surface area contributed by atoms with Gasteiger partial charge in [0, 0.05) is 4.90 Å². The molecule has 0 saturated carbocycles. The summed E-state index contributed by atoms with van der Waals surface area (Å²) >= 11 is 1.22. The number of alkyl halides is 3. The topological polar surface area (TPSA) is 58.6 Å². The van der Waals surface area contributed by atoms with Crippen LogP contribution in [0.2, 0.25) is 0 Å². The van der Waals surface area contributed by atoms with Crippen molar-refractivity contribution in [2.75, 3.05) is 18.1 Å². The number of anilines is 1. The molecular weight excluding hydrogens is 525 g/mol. The van der Waals surface area contributed by atoms with E-state index < -0.39 is 17.6 Å². The first-order valence-corrected chi connectivity index (χ1v) is 13.5. The zero-order valence-electron chi connectivity index (χ0n) is 21.6. The average molecular weight is 555 g/mol. The lowest BCUT2D eigenvalue weighted by molar-refractivity contribution is -0.137. The van der Waals surface area contributed by atoms with Crippen molar-refractivity contribution in [3.05, 3.63) is 94.4 Å². The van der Waals surface area contributed by atoms with Gasteiger partial charge in [0.2, 0.25) is 5.91 Å². The predicted molar refractivity (Wildman–Crippen MR) is 147 cm³/mol. The summed E-state index contributed by atoms with van der Waals surface area (Å²) in [6, 6.07) is 19.1. The minimum atomic E-state index is -4.44. The highest BCUT2D eigenvalue weighted by molar-refractivity contribution is 8.04. The Balaban J connectivity index is 1.47. The second kappa shape index (κ2) is 12.4. The SMILES string of the molecule is CCCCOc1ccc(C(C)NC(=O)CN2C(=O)/C(=C/c3ccc(C(F)(F)F)cc3)Sc3ccccc32)cc1. The molecule has 0 saturated heterocycles. The van der Waals surface area contributed by atoms with Crippen LogP contribution in [-0.4, -0.2) is 25.0 Å². The van der Waals surface area contributed by atoms with E-state index in [4.69, 9.17) is 4.74 Å². The fraction of sp³-hybridized carbons (Fsp3) is 0.267. The summed E-state index contributed by atoms with van der Waals surface area (Å²) in [4.78, 5) is 28.9. The summed E-state index contributed by atoms with van der Waals surface area (Å²) in [6.45, 7) is 4.41. The second-order valence-electron chi connectivity index (χ2n) is 9.15. The molecule has 0 radical (unpaired) electrons. The third-order valence-electron chi connectivity index (χ3n) is 6.19. The first-order valence-electron chi connectivity index (χ1n) is 12.7. The Kier molecular flexibility index (Phi) is 9.01. The van der Waals surface area contributed by atoms with Crippen molar-refractivity contribution >= 4 is 35.3 Å². The Morgan fingerprint density at radius 1 is 1.05 bits per heavy atom. The number of amides is 2.